The molecule has 2 amide bonds. The fourth-order valence-electron chi connectivity index (χ4n) is 3.68. The zero-order chi connectivity index (χ0) is 24.1. The first-order valence-electron chi connectivity index (χ1n) is 10.9. The molecule has 1 heterocycles. The first-order chi connectivity index (χ1) is 16.5. The van der Waals surface area contributed by atoms with Gasteiger partial charge in [-0.05, 0) is 54.3 Å². The van der Waals surface area contributed by atoms with E-state index in [9.17, 15) is 14.9 Å². The number of aryl methyl sites for hydroxylation is 1. The molecule has 3 aromatic rings. The summed E-state index contributed by atoms with van der Waals surface area (Å²) >= 11 is 7.55. The van der Waals surface area contributed by atoms with Crippen molar-refractivity contribution in [2.24, 2.45) is 0 Å². The number of amides is 2. The quantitative estimate of drug-likeness (QED) is 0.343. The Morgan fingerprint density at radius 2 is 1.74 bits per heavy atom. The van der Waals surface area contributed by atoms with E-state index < -0.39 is 11.2 Å². The van der Waals surface area contributed by atoms with Crippen molar-refractivity contribution in [2.45, 2.75) is 25.0 Å². The minimum Gasteiger partial charge on any atom is -0.321 e. The summed E-state index contributed by atoms with van der Waals surface area (Å²) in [5, 5.41) is 13.1. The lowest BCUT2D eigenvalue weighted by Gasteiger charge is -2.18. The molecule has 4 rings (SSSR count). The highest BCUT2D eigenvalue weighted by molar-refractivity contribution is 8.05. The van der Waals surface area contributed by atoms with Crippen LogP contribution < -0.4 is 10.2 Å². The summed E-state index contributed by atoms with van der Waals surface area (Å²) in [6.45, 7) is 2.05. The van der Waals surface area contributed by atoms with Crippen molar-refractivity contribution in [3.05, 3.63) is 106 Å². The van der Waals surface area contributed by atoms with Gasteiger partial charge in [-0.15, -0.1) is 0 Å². The normalized spacial score (nSPS) is 16.8. The smallest absolute Gasteiger partial charge is 0.269 e. The second-order valence-corrected chi connectivity index (χ2v) is 9.31. The van der Waals surface area contributed by atoms with E-state index in [0.29, 0.717) is 27.8 Å². The Labute approximate surface area is 208 Å². The maximum atomic E-state index is 13.5. The highest BCUT2D eigenvalue weighted by Gasteiger charge is 2.41. The van der Waals surface area contributed by atoms with Crippen molar-refractivity contribution < 1.29 is 9.59 Å². The lowest BCUT2D eigenvalue weighted by atomic mass is 10.1. The number of para-hydroxylation sites is 1. The summed E-state index contributed by atoms with van der Waals surface area (Å²) in [6, 6.07) is 25.9. The van der Waals surface area contributed by atoms with E-state index in [0.717, 1.165) is 17.5 Å². The number of nitrogens with zero attached hydrogens (tertiary/aromatic N) is 2. The van der Waals surface area contributed by atoms with Crippen molar-refractivity contribution in [1.29, 1.82) is 5.26 Å². The van der Waals surface area contributed by atoms with Crippen molar-refractivity contribution in [3.8, 4) is 6.07 Å². The first kappa shape index (κ1) is 23.6. The standard InChI is InChI=1S/C27H22ClN3O2S/c1-2-18-12-14-20(15-13-18)30-25(32)22(17-29)27-31(21-9-4-3-5-10-21)26(33)24(34-27)16-19-8-6-7-11-23(19)28/h3-15,24H,2,16H2,1H3,(H,30,32)/b27-22+/t24-/m1/s1. The van der Waals surface area contributed by atoms with Gasteiger partial charge in [0.1, 0.15) is 16.7 Å². The Kier molecular flexibility index (Phi) is 7.36. The van der Waals surface area contributed by atoms with E-state index in [1.807, 2.05) is 54.6 Å². The van der Waals surface area contributed by atoms with E-state index in [2.05, 4.69) is 12.2 Å². The van der Waals surface area contributed by atoms with Crippen LogP contribution in [0.25, 0.3) is 0 Å². The molecule has 1 fully saturated rings. The molecule has 0 spiro atoms. The maximum absolute atomic E-state index is 13.5. The fraction of sp³-hybridized carbons (Fsp3) is 0.148. The van der Waals surface area contributed by atoms with Crippen molar-refractivity contribution in [3.63, 3.8) is 0 Å². The van der Waals surface area contributed by atoms with Crippen LogP contribution in [0.1, 0.15) is 18.1 Å². The predicted molar refractivity (Wildman–Crippen MR) is 138 cm³/mol. The number of carbonyl (C=O) groups is 2. The van der Waals surface area contributed by atoms with Crippen LogP contribution in [-0.2, 0) is 22.4 Å². The number of anilines is 2. The number of halogens is 1. The van der Waals surface area contributed by atoms with Gasteiger partial charge in [0.2, 0.25) is 5.91 Å². The highest BCUT2D eigenvalue weighted by atomic mass is 35.5. The third kappa shape index (κ3) is 5.01. The van der Waals surface area contributed by atoms with Crippen molar-refractivity contribution >= 4 is 46.6 Å². The molecule has 1 atom stereocenters. The molecule has 170 valence electrons. The lowest BCUT2D eigenvalue weighted by molar-refractivity contribution is -0.117. The van der Waals surface area contributed by atoms with Gasteiger partial charge in [0.25, 0.3) is 5.91 Å². The predicted octanol–water partition coefficient (Wildman–Crippen LogP) is 5.97. The molecule has 0 bridgehead atoms. The minimum absolute atomic E-state index is 0.108. The van der Waals surface area contributed by atoms with E-state index in [1.54, 1.807) is 30.3 Å². The van der Waals surface area contributed by atoms with Gasteiger partial charge in [-0.3, -0.25) is 14.5 Å². The van der Waals surface area contributed by atoms with Crippen LogP contribution in [0.5, 0.6) is 0 Å². The van der Waals surface area contributed by atoms with Crippen LogP contribution in [0.3, 0.4) is 0 Å². The summed E-state index contributed by atoms with van der Waals surface area (Å²) in [7, 11) is 0. The second kappa shape index (κ2) is 10.6. The Morgan fingerprint density at radius 1 is 1.06 bits per heavy atom. The molecule has 7 heteroatoms. The monoisotopic (exact) mass is 487 g/mol. The molecule has 1 aliphatic heterocycles. The van der Waals surface area contributed by atoms with Crippen LogP contribution in [0.2, 0.25) is 5.02 Å². The van der Waals surface area contributed by atoms with Gasteiger partial charge in [0, 0.05) is 16.4 Å². The van der Waals surface area contributed by atoms with Gasteiger partial charge in [-0.25, -0.2) is 0 Å². The number of hydrogen-bond donors (Lipinski definition) is 1. The van der Waals surface area contributed by atoms with E-state index in [4.69, 9.17) is 11.6 Å². The first-order valence-corrected chi connectivity index (χ1v) is 12.1. The van der Waals surface area contributed by atoms with Crippen molar-refractivity contribution in [1.82, 2.24) is 0 Å². The molecule has 1 saturated heterocycles. The summed E-state index contributed by atoms with van der Waals surface area (Å²) < 4.78 is 0. The SMILES string of the molecule is CCc1ccc(NC(=O)/C(C#N)=C2/S[C@H](Cc3ccccc3Cl)C(=O)N2c2ccccc2)cc1. The van der Waals surface area contributed by atoms with Crippen LogP contribution in [-0.4, -0.2) is 17.1 Å². The number of benzene rings is 3. The molecule has 0 unspecified atom stereocenters. The van der Waals surface area contributed by atoms with Crippen LogP contribution in [0.4, 0.5) is 11.4 Å². The Bertz CT molecular complexity index is 1280. The third-order valence-electron chi connectivity index (χ3n) is 5.50. The third-order valence-corrected chi connectivity index (χ3v) is 7.13. The minimum atomic E-state index is -0.554. The average molecular weight is 488 g/mol. The van der Waals surface area contributed by atoms with Gasteiger partial charge < -0.3 is 5.32 Å². The fourth-order valence-corrected chi connectivity index (χ4v) is 5.19. The number of nitriles is 1. The number of rotatable bonds is 6. The highest BCUT2D eigenvalue weighted by Crippen LogP contribution is 2.42. The number of nitrogens with one attached hydrogen (secondary N) is 1. The van der Waals surface area contributed by atoms with Crippen LogP contribution >= 0.6 is 23.4 Å². The van der Waals surface area contributed by atoms with Gasteiger partial charge >= 0.3 is 0 Å². The molecule has 1 aliphatic rings. The summed E-state index contributed by atoms with van der Waals surface area (Å²) in [5.74, 6) is -0.750. The summed E-state index contributed by atoms with van der Waals surface area (Å²) in [5.41, 5.74) is 3.06. The molecule has 1 N–H and O–H groups in total. The number of carbonyl (C=O) groups excluding carboxylic acids is 2. The van der Waals surface area contributed by atoms with E-state index in [-0.39, 0.29) is 11.5 Å². The topological polar surface area (TPSA) is 73.2 Å². The molecule has 5 nitrogen and oxygen atoms in total. The zero-order valence-electron chi connectivity index (χ0n) is 18.5. The zero-order valence-corrected chi connectivity index (χ0v) is 20.1. The van der Waals surface area contributed by atoms with E-state index in [1.165, 1.54) is 16.7 Å². The van der Waals surface area contributed by atoms with Gasteiger partial charge in [-0.2, -0.15) is 5.26 Å². The van der Waals surface area contributed by atoms with Crippen molar-refractivity contribution in [2.75, 3.05) is 10.2 Å². The summed E-state index contributed by atoms with van der Waals surface area (Å²) in [6.07, 6.45) is 1.27. The molecule has 0 aliphatic carbocycles. The van der Waals surface area contributed by atoms with E-state index >= 15 is 0 Å². The molecule has 3 aromatic carbocycles. The molecule has 0 aromatic heterocycles. The molecular weight excluding hydrogens is 466 g/mol. The Morgan fingerprint density at radius 3 is 2.38 bits per heavy atom. The second-order valence-electron chi connectivity index (χ2n) is 7.71. The van der Waals surface area contributed by atoms with Gasteiger partial charge in [0.05, 0.1) is 5.25 Å². The molecule has 0 saturated carbocycles. The molecular formula is C27H22ClN3O2S. The Hall–Kier alpha value is -3.53. The number of hydrogen-bond acceptors (Lipinski definition) is 4. The largest absolute Gasteiger partial charge is 0.321 e. The molecule has 34 heavy (non-hydrogen) atoms. The van der Waals surface area contributed by atoms with Gasteiger partial charge in [0.15, 0.2) is 0 Å². The lowest BCUT2D eigenvalue weighted by Crippen LogP contribution is -2.30. The molecule has 0 radical (unpaired) electrons. The Balaban J connectivity index is 1.70. The van der Waals surface area contributed by atoms with Crippen LogP contribution in [0.15, 0.2) is 89.5 Å². The van der Waals surface area contributed by atoms with Crippen LogP contribution in [0, 0.1) is 11.3 Å². The summed E-state index contributed by atoms with van der Waals surface area (Å²) in [4.78, 5) is 28.1. The number of thioether (sulfide) groups is 1. The average Bonchev–Trinajstić information content (AvgIpc) is 3.17. The maximum Gasteiger partial charge on any atom is 0.269 e. The van der Waals surface area contributed by atoms with Gasteiger partial charge in [-0.1, -0.05) is 78.8 Å².